The molecule has 1 atom stereocenters. The molecule has 0 aliphatic carbocycles. The molecule has 0 fully saturated rings. The zero-order chi connectivity index (χ0) is 15.1. The minimum absolute atomic E-state index is 0.410. The molecule has 1 aliphatic rings. The van der Waals surface area contributed by atoms with E-state index in [1.54, 1.807) is 7.11 Å². The van der Waals surface area contributed by atoms with Gasteiger partial charge >= 0.3 is 0 Å². The lowest BCUT2D eigenvalue weighted by Crippen LogP contribution is -2.46. The SMILES string of the molecule is COCC(CNCC(C)C)N1CCCCc2ccccc21. The summed E-state index contributed by atoms with van der Waals surface area (Å²) in [6.07, 6.45) is 3.75. The number of para-hydroxylation sites is 1. The van der Waals surface area contributed by atoms with Crippen molar-refractivity contribution >= 4 is 5.69 Å². The Bertz CT molecular complexity index is 419. The lowest BCUT2D eigenvalue weighted by Gasteiger charge is -2.34. The van der Waals surface area contributed by atoms with Crippen molar-refractivity contribution in [3.63, 3.8) is 0 Å². The van der Waals surface area contributed by atoms with Crippen LogP contribution in [0.3, 0.4) is 0 Å². The first-order chi connectivity index (χ1) is 10.2. The van der Waals surface area contributed by atoms with E-state index in [2.05, 4.69) is 48.3 Å². The average molecular weight is 290 g/mol. The third-order valence-corrected chi connectivity index (χ3v) is 4.13. The van der Waals surface area contributed by atoms with E-state index >= 15 is 0 Å². The summed E-state index contributed by atoms with van der Waals surface area (Å²) in [5, 5.41) is 3.60. The van der Waals surface area contributed by atoms with E-state index in [4.69, 9.17) is 4.74 Å². The lowest BCUT2D eigenvalue weighted by atomic mass is 10.1. The van der Waals surface area contributed by atoms with Crippen molar-refractivity contribution in [2.75, 3.05) is 38.3 Å². The van der Waals surface area contributed by atoms with Gasteiger partial charge in [0.25, 0.3) is 0 Å². The molecule has 3 nitrogen and oxygen atoms in total. The fourth-order valence-electron chi connectivity index (χ4n) is 3.09. The van der Waals surface area contributed by atoms with E-state index in [0.717, 1.165) is 26.2 Å². The van der Waals surface area contributed by atoms with Gasteiger partial charge < -0.3 is 15.0 Å². The number of aryl methyl sites for hydroxylation is 1. The molecule has 0 radical (unpaired) electrons. The van der Waals surface area contributed by atoms with E-state index in [1.165, 1.54) is 30.5 Å². The monoisotopic (exact) mass is 290 g/mol. The van der Waals surface area contributed by atoms with Gasteiger partial charge in [0.05, 0.1) is 12.6 Å². The Labute approximate surface area is 129 Å². The van der Waals surface area contributed by atoms with Crippen LogP contribution in [0.15, 0.2) is 24.3 Å². The summed E-state index contributed by atoms with van der Waals surface area (Å²) in [4.78, 5) is 2.55. The number of benzene rings is 1. The standard InChI is InChI=1S/C18H30N2O/c1-15(2)12-19-13-17(14-21-3)20-11-7-6-9-16-8-4-5-10-18(16)20/h4-5,8,10,15,17,19H,6-7,9,11-14H2,1-3H3. The zero-order valence-corrected chi connectivity index (χ0v) is 13.8. The molecule has 1 N–H and O–H groups in total. The summed E-state index contributed by atoms with van der Waals surface area (Å²) in [6, 6.07) is 9.27. The van der Waals surface area contributed by atoms with E-state index in [0.29, 0.717) is 12.0 Å². The van der Waals surface area contributed by atoms with Crippen LogP contribution in [0.2, 0.25) is 0 Å². The third kappa shape index (κ3) is 4.72. The minimum atomic E-state index is 0.410. The van der Waals surface area contributed by atoms with Crippen LogP contribution in [-0.2, 0) is 11.2 Å². The number of anilines is 1. The highest BCUT2D eigenvalue weighted by atomic mass is 16.5. The van der Waals surface area contributed by atoms with Crippen LogP contribution in [0.4, 0.5) is 5.69 Å². The van der Waals surface area contributed by atoms with Crippen LogP contribution in [-0.4, -0.2) is 39.4 Å². The second kappa shape index (κ2) is 8.40. The summed E-state index contributed by atoms with van der Waals surface area (Å²) in [6.45, 7) is 8.46. The number of rotatable bonds is 7. The fourth-order valence-corrected chi connectivity index (χ4v) is 3.09. The van der Waals surface area contributed by atoms with Crippen molar-refractivity contribution < 1.29 is 4.74 Å². The van der Waals surface area contributed by atoms with Crippen LogP contribution in [0.1, 0.15) is 32.3 Å². The molecule has 0 saturated heterocycles. The Hall–Kier alpha value is -1.06. The Morgan fingerprint density at radius 1 is 1.19 bits per heavy atom. The Balaban J connectivity index is 2.10. The molecule has 0 spiro atoms. The van der Waals surface area contributed by atoms with Crippen LogP contribution in [0, 0.1) is 5.92 Å². The zero-order valence-electron chi connectivity index (χ0n) is 13.8. The van der Waals surface area contributed by atoms with E-state index in [-0.39, 0.29) is 0 Å². The molecule has 1 heterocycles. The first kappa shape index (κ1) is 16.3. The van der Waals surface area contributed by atoms with Crippen molar-refractivity contribution in [1.82, 2.24) is 5.32 Å². The highest BCUT2D eigenvalue weighted by molar-refractivity contribution is 5.55. The maximum Gasteiger partial charge on any atom is 0.0678 e. The number of nitrogens with one attached hydrogen (secondary N) is 1. The number of ether oxygens (including phenoxy) is 1. The van der Waals surface area contributed by atoms with Crippen LogP contribution >= 0.6 is 0 Å². The third-order valence-electron chi connectivity index (χ3n) is 4.13. The molecule has 1 aromatic rings. The Morgan fingerprint density at radius 2 is 2.00 bits per heavy atom. The summed E-state index contributed by atoms with van der Waals surface area (Å²) >= 11 is 0. The molecule has 0 aromatic heterocycles. The quantitative estimate of drug-likeness (QED) is 0.835. The lowest BCUT2D eigenvalue weighted by molar-refractivity contribution is 0.174. The van der Waals surface area contributed by atoms with Gasteiger partial charge in [-0.3, -0.25) is 0 Å². The molecule has 1 aliphatic heterocycles. The molecule has 1 aromatic carbocycles. The van der Waals surface area contributed by atoms with Crippen molar-refractivity contribution in [1.29, 1.82) is 0 Å². The number of methoxy groups -OCH3 is 1. The predicted molar refractivity (Wildman–Crippen MR) is 90.1 cm³/mol. The number of hydrogen-bond donors (Lipinski definition) is 1. The van der Waals surface area contributed by atoms with Gasteiger partial charge in [-0.05, 0) is 43.4 Å². The summed E-state index contributed by atoms with van der Waals surface area (Å²) in [5.41, 5.74) is 2.89. The first-order valence-electron chi connectivity index (χ1n) is 8.26. The minimum Gasteiger partial charge on any atom is -0.383 e. The van der Waals surface area contributed by atoms with Gasteiger partial charge in [-0.2, -0.15) is 0 Å². The summed E-state index contributed by atoms with van der Waals surface area (Å²) in [5.74, 6) is 0.685. The largest absolute Gasteiger partial charge is 0.383 e. The normalized spacial score (nSPS) is 16.7. The van der Waals surface area contributed by atoms with Gasteiger partial charge in [0.15, 0.2) is 0 Å². The molecule has 21 heavy (non-hydrogen) atoms. The van der Waals surface area contributed by atoms with Crippen LogP contribution < -0.4 is 10.2 Å². The van der Waals surface area contributed by atoms with Crippen LogP contribution in [0.5, 0.6) is 0 Å². The highest BCUT2D eigenvalue weighted by Gasteiger charge is 2.22. The van der Waals surface area contributed by atoms with Crippen molar-refractivity contribution in [2.24, 2.45) is 5.92 Å². The highest BCUT2D eigenvalue weighted by Crippen LogP contribution is 2.27. The van der Waals surface area contributed by atoms with Gasteiger partial charge in [0.1, 0.15) is 0 Å². The predicted octanol–water partition coefficient (Wildman–Crippen LogP) is 3.09. The number of hydrogen-bond acceptors (Lipinski definition) is 3. The maximum absolute atomic E-state index is 5.49. The van der Waals surface area contributed by atoms with Crippen molar-refractivity contribution in [3.05, 3.63) is 29.8 Å². The maximum atomic E-state index is 5.49. The summed E-state index contributed by atoms with van der Waals surface area (Å²) < 4.78 is 5.49. The van der Waals surface area contributed by atoms with Crippen molar-refractivity contribution in [3.8, 4) is 0 Å². The summed E-state index contributed by atoms with van der Waals surface area (Å²) in [7, 11) is 1.80. The topological polar surface area (TPSA) is 24.5 Å². The second-order valence-corrected chi connectivity index (χ2v) is 6.44. The van der Waals surface area contributed by atoms with Crippen molar-refractivity contribution in [2.45, 2.75) is 39.2 Å². The Kier molecular flexibility index (Phi) is 6.52. The Morgan fingerprint density at radius 3 is 2.76 bits per heavy atom. The molecule has 0 bridgehead atoms. The van der Waals surface area contributed by atoms with Gasteiger partial charge in [-0.25, -0.2) is 0 Å². The van der Waals surface area contributed by atoms with Gasteiger partial charge in [-0.1, -0.05) is 32.0 Å². The average Bonchev–Trinajstić information content (AvgIpc) is 2.68. The van der Waals surface area contributed by atoms with Gasteiger partial charge in [0, 0.05) is 25.9 Å². The van der Waals surface area contributed by atoms with Gasteiger partial charge in [0.2, 0.25) is 0 Å². The number of nitrogens with zero attached hydrogens (tertiary/aromatic N) is 1. The molecule has 3 heteroatoms. The first-order valence-corrected chi connectivity index (χ1v) is 8.26. The smallest absolute Gasteiger partial charge is 0.0678 e. The fraction of sp³-hybridized carbons (Fsp3) is 0.667. The van der Waals surface area contributed by atoms with Crippen LogP contribution in [0.25, 0.3) is 0 Å². The number of fused-ring (bicyclic) bond motifs is 1. The van der Waals surface area contributed by atoms with E-state index in [1.807, 2.05) is 0 Å². The second-order valence-electron chi connectivity index (χ2n) is 6.44. The van der Waals surface area contributed by atoms with E-state index < -0.39 is 0 Å². The molecule has 0 saturated carbocycles. The molecule has 1 unspecified atom stereocenters. The van der Waals surface area contributed by atoms with Gasteiger partial charge in [-0.15, -0.1) is 0 Å². The molecule has 0 amide bonds. The van der Waals surface area contributed by atoms with E-state index in [9.17, 15) is 0 Å². The molecular formula is C18H30N2O. The molecule has 2 rings (SSSR count). The molecular weight excluding hydrogens is 260 g/mol. The molecule has 118 valence electrons.